The summed E-state index contributed by atoms with van der Waals surface area (Å²) in [4.78, 5) is 11.2. The van der Waals surface area contributed by atoms with Crippen LogP contribution in [0.2, 0.25) is 0 Å². The topological polar surface area (TPSA) is 65.0 Å². The van der Waals surface area contributed by atoms with E-state index in [4.69, 9.17) is 14.2 Å². The largest absolute Gasteiger partial charge is 0.489 e. The zero-order valence-electron chi connectivity index (χ0n) is 18.4. The number of ether oxygens (including phenoxy) is 3. The molecule has 5 heteroatoms. The Hall–Kier alpha value is -1.91. The van der Waals surface area contributed by atoms with Gasteiger partial charge in [-0.3, -0.25) is 4.79 Å². The third kappa shape index (κ3) is 8.41. The van der Waals surface area contributed by atoms with E-state index < -0.39 is 5.97 Å². The molecular formula is C23H38O5. The molecule has 0 aromatic heterocycles. The molecule has 28 heavy (non-hydrogen) atoms. The van der Waals surface area contributed by atoms with E-state index in [0.29, 0.717) is 60.4 Å². The van der Waals surface area contributed by atoms with Gasteiger partial charge < -0.3 is 19.3 Å². The SMILES string of the molecule is CCC(C)COc1cc(CC(=O)O)cc(OCC(C)CC)c1OCC(C)CC. The highest BCUT2D eigenvalue weighted by Gasteiger charge is 2.19. The van der Waals surface area contributed by atoms with Crippen LogP contribution >= 0.6 is 0 Å². The summed E-state index contributed by atoms with van der Waals surface area (Å²) in [5, 5.41) is 9.23. The highest BCUT2D eigenvalue weighted by Crippen LogP contribution is 2.40. The van der Waals surface area contributed by atoms with Crippen molar-refractivity contribution >= 4 is 5.97 Å². The van der Waals surface area contributed by atoms with Crippen LogP contribution in [0.3, 0.4) is 0 Å². The zero-order valence-corrected chi connectivity index (χ0v) is 18.4. The van der Waals surface area contributed by atoms with Gasteiger partial charge in [0.15, 0.2) is 11.5 Å². The van der Waals surface area contributed by atoms with Crippen LogP contribution in [0, 0.1) is 17.8 Å². The fourth-order valence-electron chi connectivity index (χ4n) is 2.31. The van der Waals surface area contributed by atoms with Crippen molar-refractivity contribution in [2.45, 2.75) is 67.2 Å². The van der Waals surface area contributed by atoms with Crippen LogP contribution in [0.5, 0.6) is 17.2 Å². The molecule has 3 atom stereocenters. The van der Waals surface area contributed by atoms with Gasteiger partial charge in [0.1, 0.15) is 0 Å². The maximum atomic E-state index is 11.2. The van der Waals surface area contributed by atoms with Crippen LogP contribution in [-0.2, 0) is 11.2 Å². The Labute approximate surface area is 170 Å². The van der Waals surface area contributed by atoms with Crippen molar-refractivity contribution in [2.75, 3.05) is 19.8 Å². The molecule has 1 N–H and O–H groups in total. The Morgan fingerprint density at radius 3 is 1.57 bits per heavy atom. The Morgan fingerprint density at radius 2 is 1.21 bits per heavy atom. The van der Waals surface area contributed by atoms with E-state index >= 15 is 0 Å². The van der Waals surface area contributed by atoms with Gasteiger partial charge in [0, 0.05) is 0 Å². The molecule has 160 valence electrons. The second-order valence-corrected chi connectivity index (χ2v) is 7.97. The van der Waals surface area contributed by atoms with Crippen LogP contribution < -0.4 is 14.2 Å². The summed E-state index contributed by atoms with van der Waals surface area (Å²) in [6.07, 6.45) is 2.96. The molecule has 1 aromatic carbocycles. The van der Waals surface area contributed by atoms with Crippen LogP contribution in [0.1, 0.15) is 66.4 Å². The summed E-state index contributed by atoms with van der Waals surface area (Å²) < 4.78 is 18.2. The lowest BCUT2D eigenvalue weighted by Gasteiger charge is -2.21. The molecule has 1 aromatic rings. The van der Waals surface area contributed by atoms with Crippen molar-refractivity contribution in [2.24, 2.45) is 17.8 Å². The number of carboxylic acid groups (broad SMARTS) is 1. The fraction of sp³-hybridized carbons (Fsp3) is 0.696. The minimum atomic E-state index is -0.881. The number of carboxylic acids is 1. The van der Waals surface area contributed by atoms with Gasteiger partial charge in [-0.2, -0.15) is 0 Å². The highest BCUT2D eigenvalue weighted by atomic mass is 16.5. The van der Waals surface area contributed by atoms with Crippen molar-refractivity contribution in [3.05, 3.63) is 17.7 Å². The Morgan fingerprint density at radius 1 is 0.821 bits per heavy atom. The van der Waals surface area contributed by atoms with Crippen molar-refractivity contribution in [1.29, 1.82) is 0 Å². The van der Waals surface area contributed by atoms with E-state index in [2.05, 4.69) is 41.5 Å². The molecule has 0 heterocycles. The van der Waals surface area contributed by atoms with Crippen LogP contribution in [0.15, 0.2) is 12.1 Å². The summed E-state index contributed by atoms with van der Waals surface area (Å²) >= 11 is 0. The molecule has 0 amide bonds. The molecule has 0 aliphatic rings. The highest BCUT2D eigenvalue weighted by molar-refractivity contribution is 5.71. The number of carbonyl (C=O) groups is 1. The van der Waals surface area contributed by atoms with Gasteiger partial charge in [-0.25, -0.2) is 0 Å². The second-order valence-electron chi connectivity index (χ2n) is 7.97. The molecule has 5 nitrogen and oxygen atoms in total. The van der Waals surface area contributed by atoms with Crippen LogP contribution in [-0.4, -0.2) is 30.9 Å². The Kier molecular flexibility index (Phi) is 10.8. The summed E-state index contributed by atoms with van der Waals surface area (Å²) in [6, 6.07) is 3.55. The van der Waals surface area contributed by atoms with Gasteiger partial charge in [0.2, 0.25) is 5.75 Å². The molecule has 1 rings (SSSR count). The van der Waals surface area contributed by atoms with Crippen molar-refractivity contribution < 1.29 is 24.1 Å². The van der Waals surface area contributed by atoms with E-state index in [1.165, 1.54) is 0 Å². The zero-order chi connectivity index (χ0) is 21.1. The molecule has 0 bridgehead atoms. The first-order valence-electron chi connectivity index (χ1n) is 10.6. The van der Waals surface area contributed by atoms with E-state index in [-0.39, 0.29) is 6.42 Å². The molecule has 0 saturated carbocycles. The molecular weight excluding hydrogens is 356 g/mol. The van der Waals surface area contributed by atoms with Gasteiger partial charge in [0.05, 0.1) is 26.2 Å². The van der Waals surface area contributed by atoms with E-state index in [9.17, 15) is 9.90 Å². The average molecular weight is 395 g/mol. The van der Waals surface area contributed by atoms with Gasteiger partial charge in [-0.1, -0.05) is 60.8 Å². The number of aliphatic carboxylic acids is 1. The van der Waals surface area contributed by atoms with Crippen molar-refractivity contribution in [1.82, 2.24) is 0 Å². The summed E-state index contributed by atoms with van der Waals surface area (Å²) in [5.74, 6) is 2.05. The third-order valence-corrected chi connectivity index (χ3v) is 5.09. The van der Waals surface area contributed by atoms with E-state index in [1.54, 1.807) is 12.1 Å². The molecule has 3 unspecified atom stereocenters. The minimum Gasteiger partial charge on any atom is -0.489 e. The first-order valence-corrected chi connectivity index (χ1v) is 10.6. The normalized spacial score (nSPS) is 14.2. The van der Waals surface area contributed by atoms with Gasteiger partial charge in [-0.05, 0) is 35.4 Å². The van der Waals surface area contributed by atoms with Crippen molar-refractivity contribution in [3.8, 4) is 17.2 Å². The predicted molar refractivity (Wildman–Crippen MR) is 113 cm³/mol. The lowest BCUT2D eigenvalue weighted by Crippen LogP contribution is -2.14. The van der Waals surface area contributed by atoms with E-state index in [1.807, 2.05) is 0 Å². The maximum Gasteiger partial charge on any atom is 0.307 e. The number of hydrogen-bond donors (Lipinski definition) is 1. The molecule has 0 aliphatic carbocycles. The number of hydrogen-bond acceptors (Lipinski definition) is 4. The third-order valence-electron chi connectivity index (χ3n) is 5.09. The standard InChI is InChI=1S/C23H38O5/c1-7-16(4)13-26-20-10-19(12-22(24)25)11-21(27-14-17(5)8-2)23(20)28-15-18(6)9-3/h10-11,16-18H,7-9,12-15H2,1-6H3,(H,24,25). The maximum absolute atomic E-state index is 11.2. The summed E-state index contributed by atoms with van der Waals surface area (Å²) in [6.45, 7) is 14.4. The minimum absolute atomic E-state index is 0.0783. The molecule has 0 fully saturated rings. The first-order chi connectivity index (χ1) is 13.3. The van der Waals surface area contributed by atoms with Crippen LogP contribution in [0.25, 0.3) is 0 Å². The van der Waals surface area contributed by atoms with E-state index in [0.717, 1.165) is 19.3 Å². The fourth-order valence-corrected chi connectivity index (χ4v) is 2.31. The summed E-state index contributed by atoms with van der Waals surface area (Å²) in [7, 11) is 0. The first kappa shape index (κ1) is 24.1. The Balaban J connectivity index is 3.23. The number of benzene rings is 1. The van der Waals surface area contributed by atoms with Gasteiger partial charge in [-0.15, -0.1) is 0 Å². The number of rotatable bonds is 14. The Bertz CT molecular complexity index is 564. The average Bonchev–Trinajstić information content (AvgIpc) is 2.68. The van der Waals surface area contributed by atoms with Crippen LogP contribution in [0.4, 0.5) is 0 Å². The quantitative estimate of drug-likeness (QED) is 0.446. The van der Waals surface area contributed by atoms with Gasteiger partial charge >= 0.3 is 5.97 Å². The smallest absolute Gasteiger partial charge is 0.307 e. The van der Waals surface area contributed by atoms with Crippen molar-refractivity contribution in [3.63, 3.8) is 0 Å². The molecule has 0 radical (unpaired) electrons. The molecule has 0 spiro atoms. The second kappa shape index (κ2) is 12.5. The lowest BCUT2D eigenvalue weighted by atomic mass is 10.1. The van der Waals surface area contributed by atoms with Gasteiger partial charge in [0.25, 0.3) is 0 Å². The molecule has 0 aliphatic heterocycles. The monoisotopic (exact) mass is 394 g/mol. The molecule has 0 saturated heterocycles. The lowest BCUT2D eigenvalue weighted by molar-refractivity contribution is -0.136. The summed E-state index contributed by atoms with van der Waals surface area (Å²) in [5.41, 5.74) is 0.654. The predicted octanol–water partition coefficient (Wildman–Crippen LogP) is 5.59.